The number of halogens is 1. The fourth-order valence-corrected chi connectivity index (χ4v) is 1.69. The van der Waals surface area contributed by atoms with Crippen LogP contribution in [0.1, 0.15) is 12.5 Å². The lowest BCUT2D eigenvalue weighted by molar-refractivity contribution is -0.386. The maximum atomic E-state index is 11.2. The summed E-state index contributed by atoms with van der Waals surface area (Å²) in [5, 5.41) is 10.8. The Kier molecular flexibility index (Phi) is 4.36. The number of esters is 1. The molecule has 0 bridgehead atoms. The number of rotatable bonds is 4. The quantitative estimate of drug-likeness (QED) is 0.480. The minimum atomic E-state index is -0.555. The molecule has 0 unspecified atom stereocenters. The van der Waals surface area contributed by atoms with Crippen molar-refractivity contribution in [3.63, 3.8) is 0 Å². The largest absolute Gasteiger partial charge is 0.466 e. The van der Waals surface area contributed by atoms with Crippen molar-refractivity contribution in [2.45, 2.75) is 13.3 Å². The van der Waals surface area contributed by atoms with Crippen LogP contribution in [0.4, 0.5) is 5.69 Å². The smallest absolute Gasteiger partial charge is 0.310 e. The van der Waals surface area contributed by atoms with Crippen LogP contribution < -0.4 is 0 Å². The Bertz CT molecular complexity index is 422. The van der Waals surface area contributed by atoms with Gasteiger partial charge in [-0.2, -0.15) is 0 Å². The summed E-state index contributed by atoms with van der Waals surface area (Å²) in [7, 11) is 0. The minimum Gasteiger partial charge on any atom is -0.466 e. The van der Waals surface area contributed by atoms with Gasteiger partial charge < -0.3 is 4.74 Å². The van der Waals surface area contributed by atoms with Gasteiger partial charge in [0, 0.05) is 12.4 Å². The SMILES string of the molecule is CCOC(=O)Cc1cncc(Br)c1[N+](=O)[O-]. The number of hydrogen-bond acceptors (Lipinski definition) is 5. The van der Waals surface area contributed by atoms with Crippen molar-refractivity contribution < 1.29 is 14.5 Å². The summed E-state index contributed by atoms with van der Waals surface area (Å²) in [6.07, 6.45) is 2.45. The van der Waals surface area contributed by atoms with E-state index < -0.39 is 10.9 Å². The zero-order valence-corrected chi connectivity index (χ0v) is 10.1. The summed E-state index contributed by atoms with van der Waals surface area (Å²) >= 11 is 3.02. The Morgan fingerprint density at radius 1 is 1.62 bits per heavy atom. The van der Waals surface area contributed by atoms with E-state index in [1.165, 1.54) is 12.4 Å². The van der Waals surface area contributed by atoms with Gasteiger partial charge in [0.2, 0.25) is 0 Å². The number of ether oxygens (including phenoxy) is 1. The second-order valence-electron chi connectivity index (χ2n) is 2.87. The van der Waals surface area contributed by atoms with Crippen molar-refractivity contribution in [2.75, 3.05) is 6.61 Å². The third kappa shape index (κ3) is 2.99. The molecule has 0 saturated carbocycles. The summed E-state index contributed by atoms with van der Waals surface area (Å²) in [6.45, 7) is 1.92. The number of carbonyl (C=O) groups is 1. The van der Waals surface area contributed by atoms with Crippen molar-refractivity contribution >= 4 is 27.6 Å². The predicted molar refractivity (Wildman–Crippen MR) is 58.9 cm³/mol. The molecule has 0 saturated heterocycles. The standard InChI is InChI=1S/C9H9BrN2O4/c1-2-16-8(13)3-6-4-11-5-7(10)9(6)12(14)15/h4-5H,2-3H2,1H3. The number of carbonyl (C=O) groups excluding carboxylic acids is 1. The molecule has 0 N–H and O–H groups in total. The molecule has 0 amide bonds. The first-order valence-electron chi connectivity index (χ1n) is 4.48. The number of pyridine rings is 1. The highest BCUT2D eigenvalue weighted by Crippen LogP contribution is 2.27. The van der Waals surface area contributed by atoms with Crippen LogP contribution in [-0.4, -0.2) is 22.5 Å². The van der Waals surface area contributed by atoms with E-state index in [9.17, 15) is 14.9 Å². The van der Waals surface area contributed by atoms with Gasteiger partial charge in [0.25, 0.3) is 5.69 Å². The Balaban J connectivity index is 3.00. The first-order chi connectivity index (χ1) is 7.56. The van der Waals surface area contributed by atoms with Gasteiger partial charge in [-0.15, -0.1) is 0 Å². The molecule has 0 aliphatic rings. The monoisotopic (exact) mass is 288 g/mol. The number of aromatic nitrogens is 1. The molecule has 1 rings (SSSR count). The second kappa shape index (κ2) is 5.55. The molecule has 6 nitrogen and oxygen atoms in total. The summed E-state index contributed by atoms with van der Waals surface area (Å²) in [6, 6.07) is 0. The number of nitro groups is 1. The van der Waals surface area contributed by atoms with Crippen LogP contribution >= 0.6 is 15.9 Å². The first kappa shape index (κ1) is 12.6. The molecule has 7 heteroatoms. The third-order valence-corrected chi connectivity index (χ3v) is 2.35. The molecule has 1 heterocycles. The van der Waals surface area contributed by atoms with Crippen molar-refractivity contribution in [3.05, 3.63) is 32.5 Å². The van der Waals surface area contributed by atoms with E-state index in [1.807, 2.05) is 0 Å². The lowest BCUT2D eigenvalue weighted by Gasteiger charge is -2.03. The maximum Gasteiger partial charge on any atom is 0.310 e. The first-order valence-corrected chi connectivity index (χ1v) is 5.28. The number of nitrogens with zero attached hydrogens (tertiary/aromatic N) is 2. The van der Waals surface area contributed by atoms with E-state index in [0.717, 1.165) is 0 Å². The molecule has 0 radical (unpaired) electrons. The van der Waals surface area contributed by atoms with Gasteiger partial charge in [-0.3, -0.25) is 19.9 Å². The van der Waals surface area contributed by atoms with Crippen molar-refractivity contribution in [3.8, 4) is 0 Å². The molecule has 0 aliphatic carbocycles. The van der Waals surface area contributed by atoms with Crippen LogP contribution in [-0.2, 0) is 16.0 Å². The lowest BCUT2D eigenvalue weighted by Crippen LogP contribution is -2.09. The molecular formula is C9H9BrN2O4. The van der Waals surface area contributed by atoms with Gasteiger partial charge in [-0.05, 0) is 22.9 Å². The Morgan fingerprint density at radius 2 is 2.31 bits per heavy atom. The average Bonchev–Trinajstić information content (AvgIpc) is 2.17. The Morgan fingerprint density at radius 3 is 2.88 bits per heavy atom. The predicted octanol–water partition coefficient (Wildman–Crippen LogP) is 1.86. The van der Waals surface area contributed by atoms with Gasteiger partial charge in [-0.25, -0.2) is 0 Å². The van der Waals surface area contributed by atoms with Gasteiger partial charge in [0.05, 0.1) is 23.5 Å². The van der Waals surface area contributed by atoms with Crippen molar-refractivity contribution in [2.24, 2.45) is 0 Å². The highest BCUT2D eigenvalue weighted by atomic mass is 79.9. The topological polar surface area (TPSA) is 82.3 Å². The van der Waals surface area contributed by atoms with E-state index in [-0.39, 0.29) is 28.8 Å². The fraction of sp³-hybridized carbons (Fsp3) is 0.333. The minimum absolute atomic E-state index is 0.150. The van der Waals surface area contributed by atoms with Gasteiger partial charge in [-0.1, -0.05) is 0 Å². The summed E-state index contributed by atoms with van der Waals surface area (Å²) in [5.74, 6) is -0.509. The number of hydrogen-bond donors (Lipinski definition) is 0. The molecule has 0 fully saturated rings. The van der Waals surface area contributed by atoms with E-state index >= 15 is 0 Å². The molecule has 1 aromatic rings. The van der Waals surface area contributed by atoms with E-state index in [1.54, 1.807) is 6.92 Å². The summed E-state index contributed by atoms with van der Waals surface area (Å²) < 4.78 is 4.97. The van der Waals surface area contributed by atoms with E-state index in [0.29, 0.717) is 0 Å². The molecular weight excluding hydrogens is 280 g/mol. The summed E-state index contributed by atoms with van der Waals surface area (Å²) in [4.78, 5) is 25.2. The van der Waals surface area contributed by atoms with Crippen LogP contribution in [0.3, 0.4) is 0 Å². The Labute approximate surface area is 99.9 Å². The highest BCUT2D eigenvalue weighted by Gasteiger charge is 2.21. The molecule has 0 spiro atoms. The van der Waals surface area contributed by atoms with Gasteiger partial charge in [0.1, 0.15) is 4.47 Å². The van der Waals surface area contributed by atoms with Crippen LogP contribution in [0.5, 0.6) is 0 Å². The van der Waals surface area contributed by atoms with Crippen LogP contribution in [0.25, 0.3) is 0 Å². The molecule has 16 heavy (non-hydrogen) atoms. The zero-order chi connectivity index (χ0) is 12.1. The molecule has 86 valence electrons. The fourth-order valence-electron chi connectivity index (χ4n) is 1.17. The Hall–Kier alpha value is -1.50. The van der Waals surface area contributed by atoms with Crippen LogP contribution in [0.15, 0.2) is 16.9 Å². The molecule has 0 aromatic carbocycles. The zero-order valence-electron chi connectivity index (χ0n) is 8.47. The lowest BCUT2D eigenvalue weighted by atomic mass is 10.2. The van der Waals surface area contributed by atoms with Crippen LogP contribution in [0, 0.1) is 10.1 Å². The molecule has 1 aromatic heterocycles. The third-order valence-electron chi connectivity index (χ3n) is 1.77. The van der Waals surface area contributed by atoms with E-state index in [2.05, 4.69) is 20.9 Å². The summed E-state index contributed by atoms with van der Waals surface area (Å²) in [5.41, 5.74) is 0.0841. The average molecular weight is 289 g/mol. The maximum absolute atomic E-state index is 11.2. The second-order valence-corrected chi connectivity index (χ2v) is 3.72. The molecule has 0 atom stereocenters. The molecule has 0 aliphatic heterocycles. The van der Waals surface area contributed by atoms with Crippen molar-refractivity contribution in [1.82, 2.24) is 4.98 Å². The van der Waals surface area contributed by atoms with E-state index in [4.69, 9.17) is 4.74 Å². The van der Waals surface area contributed by atoms with Gasteiger partial charge >= 0.3 is 5.97 Å². The van der Waals surface area contributed by atoms with Crippen molar-refractivity contribution in [1.29, 1.82) is 0 Å². The highest BCUT2D eigenvalue weighted by molar-refractivity contribution is 9.10. The van der Waals surface area contributed by atoms with Gasteiger partial charge in [0.15, 0.2) is 0 Å². The van der Waals surface area contributed by atoms with Crippen LogP contribution in [0.2, 0.25) is 0 Å². The normalized spacial score (nSPS) is 9.88.